The van der Waals surface area contributed by atoms with E-state index < -0.39 is 0 Å². The lowest BCUT2D eigenvalue weighted by molar-refractivity contribution is 0.430. The molecule has 2 nitrogen and oxygen atoms in total. The van der Waals surface area contributed by atoms with Gasteiger partial charge in [-0.3, -0.25) is 0 Å². The highest BCUT2D eigenvalue weighted by Crippen LogP contribution is 2.24. The highest BCUT2D eigenvalue weighted by molar-refractivity contribution is 9.09. The van der Waals surface area contributed by atoms with Gasteiger partial charge in [-0.25, -0.2) is 4.98 Å². The molecule has 1 rings (SSSR count). The fourth-order valence-electron chi connectivity index (χ4n) is 1.31. The van der Waals surface area contributed by atoms with Gasteiger partial charge in [0.1, 0.15) is 5.76 Å². The summed E-state index contributed by atoms with van der Waals surface area (Å²) in [6, 6.07) is 0. The van der Waals surface area contributed by atoms with E-state index in [1.807, 2.05) is 13.8 Å². The third kappa shape index (κ3) is 4.19. The van der Waals surface area contributed by atoms with Crippen LogP contribution in [0.5, 0.6) is 0 Å². The van der Waals surface area contributed by atoms with Gasteiger partial charge in [0.2, 0.25) is 0 Å². The molecule has 15 heavy (non-hydrogen) atoms. The van der Waals surface area contributed by atoms with Gasteiger partial charge in [0.25, 0.3) is 5.22 Å². The first kappa shape index (κ1) is 13.1. The number of thioether (sulfide) groups is 1. The van der Waals surface area contributed by atoms with Crippen LogP contribution in [-0.2, 0) is 0 Å². The largest absolute Gasteiger partial charge is 0.437 e. The zero-order valence-corrected chi connectivity index (χ0v) is 11.9. The Hall–Kier alpha value is 0.0400. The fourth-order valence-corrected chi connectivity index (χ4v) is 3.21. The van der Waals surface area contributed by atoms with Gasteiger partial charge in [-0.1, -0.05) is 41.0 Å². The first-order chi connectivity index (χ1) is 7.17. The second kappa shape index (κ2) is 6.59. The molecule has 4 heteroatoms. The summed E-state index contributed by atoms with van der Waals surface area (Å²) in [5.74, 6) is 2.73. The zero-order valence-electron chi connectivity index (χ0n) is 9.55. The molecule has 0 aliphatic carbocycles. The highest BCUT2D eigenvalue weighted by Gasteiger charge is 2.10. The minimum absolute atomic E-state index is 0.715. The molecule has 0 bridgehead atoms. The van der Waals surface area contributed by atoms with Gasteiger partial charge >= 0.3 is 0 Å². The van der Waals surface area contributed by atoms with E-state index in [0.717, 1.165) is 27.8 Å². The van der Waals surface area contributed by atoms with Crippen LogP contribution in [0.2, 0.25) is 0 Å². The van der Waals surface area contributed by atoms with Crippen molar-refractivity contribution in [2.24, 2.45) is 5.92 Å². The van der Waals surface area contributed by atoms with E-state index in [2.05, 4.69) is 27.8 Å². The number of aromatic nitrogens is 1. The second-order valence-corrected chi connectivity index (χ2v) is 5.36. The van der Waals surface area contributed by atoms with E-state index in [-0.39, 0.29) is 0 Å². The van der Waals surface area contributed by atoms with Crippen LogP contribution in [0.3, 0.4) is 0 Å². The molecule has 0 aliphatic heterocycles. The molecule has 1 aromatic rings. The van der Waals surface area contributed by atoms with Crippen molar-refractivity contribution in [3.63, 3.8) is 0 Å². The van der Waals surface area contributed by atoms with Gasteiger partial charge in [-0.2, -0.15) is 0 Å². The quantitative estimate of drug-likeness (QED) is 0.580. The number of nitrogens with zero attached hydrogens (tertiary/aromatic N) is 1. The Bertz CT molecular complexity index is 281. The zero-order chi connectivity index (χ0) is 11.3. The van der Waals surface area contributed by atoms with Crippen LogP contribution < -0.4 is 0 Å². The van der Waals surface area contributed by atoms with E-state index in [1.54, 1.807) is 11.8 Å². The topological polar surface area (TPSA) is 26.0 Å². The van der Waals surface area contributed by atoms with Crippen LogP contribution in [0.15, 0.2) is 9.64 Å². The Labute approximate surface area is 104 Å². The third-order valence-corrected chi connectivity index (χ3v) is 4.34. The molecule has 0 radical (unpaired) electrons. The van der Waals surface area contributed by atoms with Crippen molar-refractivity contribution in [3.05, 3.63) is 11.5 Å². The lowest BCUT2D eigenvalue weighted by Gasteiger charge is -2.09. The van der Waals surface area contributed by atoms with Crippen LogP contribution in [0, 0.1) is 19.8 Å². The molecular weight excluding hydrogens is 274 g/mol. The minimum Gasteiger partial charge on any atom is -0.437 e. The Morgan fingerprint density at radius 3 is 2.67 bits per heavy atom. The second-order valence-electron chi connectivity index (χ2n) is 3.74. The Balaban J connectivity index is 2.41. The van der Waals surface area contributed by atoms with Crippen LogP contribution in [0.1, 0.15) is 31.2 Å². The summed E-state index contributed by atoms with van der Waals surface area (Å²) in [5, 5.41) is 1.87. The van der Waals surface area contributed by atoms with Gasteiger partial charge in [0.15, 0.2) is 0 Å². The molecule has 0 fully saturated rings. The van der Waals surface area contributed by atoms with Crippen molar-refractivity contribution >= 4 is 27.7 Å². The van der Waals surface area contributed by atoms with Crippen LogP contribution in [0.25, 0.3) is 0 Å². The van der Waals surface area contributed by atoms with E-state index >= 15 is 0 Å². The molecule has 0 aliphatic rings. The van der Waals surface area contributed by atoms with E-state index in [9.17, 15) is 0 Å². The normalized spacial score (nSPS) is 13.1. The summed E-state index contributed by atoms with van der Waals surface area (Å²) in [7, 11) is 0. The van der Waals surface area contributed by atoms with Crippen molar-refractivity contribution in [2.45, 2.75) is 38.8 Å². The lowest BCUT2D eigenvalue weighted by Crippen LogP contribution is -2.04. The van der Waals surface area contributed by atoms with Crippen LogP contribution >= 0.6 is 27.7 Å². The monoisotopic (exact) mass is 291 g/mol. The molecule has 1 atom stereocenters. The average Bonchev–Trinajstić information content (AvgIpc) is 2.53. The van der Waals surface area contributed by atoms with Gasteiger partial charge in [0, 0.05) is 11.1 Å². The van der Waals surface area contributed by atoms with E-state index in [1.165, 1.54) is 12.8 Å². The summed E-state index contributed by atoms with van der Waals surface area (Å²) in [4.78, 5) is 4.36. The van der Waals surface area contributed by atoms with E-state index in [0.29, 0.717) is 5.92 Å². The Morgan fingerprint density at radius 1 is 1.47 bits per heavy atom. The highest BCUT2D eigenvalue weighted by atomic mass is 79.9. The molecule has 0 saturated carbocycles. The number of alkyl halides is 1. The molecule has 86 valence electrons. The Morgan fingerprint density at radius 2 is 2.20 bits per heavy atom. The lowest BCUT2D eigenvalue weighted by atomic mass is 10.1. The molecule has 0 amide bonds. The van der Waals surface area contributed by atoms with Crippen molar-refractivity contribution < 1.29 is 4.42 Å². The van der Waals surface area contributed by atoms with Gasteiger partial charge in [-0.05, 0) is 26.2 Å². The number of rotatable bonds is 6. The minimum atomic E-state index is 0.715. The predicted molar refractivity (Wildman–Crippen MR) is 68.9 cm³/mol. The standard InChI is InChI=1S/C11H18BrNOS/c1-4-5-10(6-12)7-15-11-13-8(2)9(3)14-11/h10H,4-7H2,1-3H3. The van der Waals surface area contributed by atoms with E-state index in [4.69, 9.17) is 4.42 Å². The average molecular weight is 292 g/mol. The smallest absolute Gasteiger partial charge is 0.256 e. The molecule has 0 N–H and O–H groups in total. The van der Waals surface area contributed by atoms with Crippen molar-refractivity contribution in [3.8, 4) is 0 Å². The first-order valence-corrected chi connectivity index (χ1v) is 7.40. The van der Waals surface area contributed by atoms with Crippen molar-refractivity contribution in [1.82, 2.24) is 4.98 Å². The summed E-state index contributed by atoms with van der Waals surface area (Å²) in [6.07, 6.45) is 2.50. The van der Waals surface area contributed by atoms with Crippen LogP contribution in [-0.4, -0.2) is 16.1 Å². The first-order valence-electron chi connectivity index (χ1n) is 5.30. The molecule has 0 spiro atoms. The SMILES string of the molecule is CCCC(CBr)CSc1nc(C)c(C)o1. The van der Waals surface area contributed by atoms with Gasteiger partial charge in [-0.15, -0.1) is 0 Å². The predicted octanol–water partition coefficient (Wildman–Crippen LogP) is 4.19. The number of hydrogen-bond acceptors (Lipinski definition) is 3. The molecule has 1 unspecified atom stereocenters. The molecule has 0 aromatic carbocycles. The van der Waals surface area contributed by atoms with Gasteiger partial charge in [0.05, 0.1) is 5.69 Å². The maximum atomic E-state index is 5.52. The van der Waals surface area contributed by atoms with Crippen LogP contribution in [0.4, 0.5) is 0 Å². The molecule has 1 heterocycles. The van der Waals surface area contributed by atoms with Crippen molar-refractivity contribution in [1.29, 1.82) is 0 Å². The number of halogens is 1. The number of hydrogen-bond donors (Lipinski definition) is 0. The summed E-state index contributed by atoms with van der Waals surface area (Å²) < 4.78 is 5.52. The summed E-state index contributed by atoms with van der Waals surface area (Å²) in [5.41, 5.74) is 1.00. The van der Waals surface area contributed by atoms with Gasteiger partial charge < -0.3 is 4.42 Å². The maximum absolute atomic E-state index is 5.52. The molecule has 0 saturated heterocycles. The number of oxazole rings is 1. The number of aryl methyl sites for hydroxylation is 2. The summed E-state index contributed by atoms with van der Waals surface area (Å²) in [6.45, 7) is 6.16. The fraction of sp³-hybridized carbons (Fsp3) is 0.727. The molecule has 1 aromatic heterocycles. The maximum Gasteiger partial charge on any atom is 0.256 e. The van der Waals surface area contributed by atoms with Crippen molar-refractivity contribution in [2.75, 3.05) is 11.1 Å². The third-order valence-electron chi connectivity index (χ3n) is 2.37. The molecular formula is C11H18BrNOS. The Kier molecular flexibility index (Phi) is 5.75. The summed E-state index contributed by atoms with van der Waals surface area (Å²) >= 11 is 5.27.